The molecule has 1 saturated heterocycles. The molecule has 1 fully saturated rings. The molecule has 1 aromatic carbocycles. The van der Waals surface area contributed by atoms with E-state index in [4.69, 9.17) is 9.47 Å². The van der Waals surface area contributed by atoms with Gasteiger partial charge >= 0.3 is 0 Å². The number of methoxy groups -OCH3 is 2. The fourth-order valence-corrected chi connectivity index (χ4v) is 3.52. The van der Waals surface area contributed by atoms with Crippen molar-refractivity contribution >= 4 is 5.96 Å². The average Bonchev–Trinajstić information content (AvgIpc) is 3.03. The summed E-state index contributed by atoms with van der Waals surface area (Å²) in [5, 5.41) is 17.2. The van der Waals surface area contributed by atoms with Gasteiger partial charge in [0.25, 0.3) is 0 Å². The first-order chi connectivity index (χ1) is 14.2. The molecule has 1 unspecified atom stereocenters. The molecule has 0 radical (unpaired) electrons. The summed E-state index contributed by atoms with van der Waals surface area (Å²) < 4.78 is 10.6. The van der Waals surface area contributed by atoms with Crippen molar-refractivity contribution in [2.45, 2.75) is 45.1 Å². The highest BCUT2D eigenvalue weighted by molar-refractivity contribution is 5.79. The molecule has 1 aliphatic rings. The maximum Gasteiger partial charge on any atom is 0.191 e. The summed E-state index contributed by atoms with van der Waals surface area (Å²) in [4.78, 5) is 7.12. The number of nitrogens with zero attached hydrogens (tertiary/aromatic N) is 2. The fraction of sp³-hybridized carbons (Fsp3) is 0.682. The van der Waals surface area contributed by atoms with Crippen LogP contribution in [0.1, 0.15) is 50.7 Å². The Bertz CT molecular complexity index is 594. The van der Waals surface area contributed by atoms with E-state index in [2.05, 4.69) is 20.5 Å². The zero-order valence-corrected chi connectivity index (χ0v) is 18.2. The number of benzene rings is 1. The molecule has 1 heterocycles. The third-order valence-corrected chi connectivity index (χ3v) is 5.17. The quantitative estimate of drug-likeness (QED) is 0.315. The molecule has 164 valence electrons. The number of rotatable bonds is 10. The van der Waals surface area contributed by atoms with E-state index in [0.717, 1.165) is 37.6 Å². The summed E-state index contributed by atoms with van der Waals surface area (Å²) in [5.74, 6) is 2.04. The molecular formula is C22H38N4O3. The number of guanidine groups is 1. The predicted octanol–water partition coefficient (Wildman–Crippen LogP) is 2.56. The van der Waals surface area contributed by atoms with E-state index in [1.807, 2.05) is 19.1 Å². The molecule has 0 aliphatic carbocycles. The maximum atomic E-state index is 10.6. The summed E-state index contributed by atoms with van der Waals surface area (Å²) in [6, 6.07) is 5.41. The minimum Gasteiger partial charge on any atom is -0.497 e. The molecule has 7 nitrogen and oxygen atoms in total. The van der Waals surface area contributed by atoms with Gasteiger partial charge in [-0.05, 0) is 63.5 Å². The Hall–Kier alpha value is -1.99. The van der Waals surface area contributed by atoms with Gasteiger partial charge in [-0.1, -0.05) is 12.8 Å². The molecule has 1 aromatic rings. The summed E-state index contributed by atoms with van der Waals surface area (Å²) in [7, 11) is 3.20. The van der Waals surface area contributed by atoms with Gasteiger partial charge in [-0.15, -0.1) is 0 Å². The predicted molar refractivity (Wildman–Crippen MR) is 118 cm³/mol. The van der Waals surface area contributed by atoms with E-state index in [-0.39, 0.29) is 6.54 Å². The van der Waals surface area contributed by atoms with Gasteiger partial charge in [-0.3, -0.25) is 4.99 Å². The normalized spacial score (nSPS) is 16.8. The Morgan fingerprint density at radius 3 is 2.31 bits per heavy atom. The van der Waals surface area contributed by atoms with Crippen molar-refractivity contribution in [3.05, 3.63) is 23.8 Å². The largest absolute Gasteiger partial charge is 0.497 e. The monoisotopic (exact) mass is 406 g/mol. The number of hydrogen-bond donors (Lipinski definition) is 3. The molecule has 2 rings (SSSR count). The number of aliphatic hydroxyl groups is 1. The lowest BCUT2D eigenvalue weighted by Crippen LogP contribution is -2.39. The first-order valence-electron chi connectivity index (χ1n) is 10.8. The lowest BCUT2D eigenvalue weighted by atomic mass is 10.1. The number of likely N-dealkylation sites (tertiary alicyclic amines) is 1. The minimum absolute atomic E-state index is 0.262. The maximum absolute atomic E-state index is 10.6. The van der Waals surface area contributed by atoms with E-state index in [1.165, 1.54) is 38.8 Å². The molecule has 0 bridgehead atoms. The number of ether oxygens (including phenoxy) is 2. The number of nitrogens with one attached hydrogen (secondary N) is 2. The first kappa shape index (κ1) is 23.3. The van der Waals surface area contributed by atoms with Crippen molar-refractivity contribution in [1.82, 2.24) is 15.5 Å². The van der Waals surface area contributed by atoms with Crippen molar-refractivity contribution in [3.8, 4) is 11.5 Å². The Morgan fingerprint density at radius 1 is 1.07 bits per heavy atom. The summed E-state index contributed by atoms with van der Waals surface area (Å²) in [5.41, 5.74) is 0.724. The molecule has 1 atom stereocenters. The van der Waals surface area contributed by atoms with Crippen molar-refractivity contribution in [3.63, 3.8) is 0 Å². The minimum atomic E-state index is -0.730. The molecule has 0 spiro atoms. The van der Waals surface area contributed by atoms with Crippen molar-refractivity contribution in [2.24, 2.45) is 4.99 Å². The second-order valence-electron chi connectivity index (χ2n) is 7.42. The van der Waals surface area contributed by atoms with Gasteiger partial charge in [0.05, 0.1) is 26.9 Å². The Labute approximate surface area is 175 Å². The highest BCUT2D eigenvalue weighted by atomic mass is 16.5. The molecule has 0 aromatic heterocycles. The van der Waals surface area contributed by atoms with Crippen LogP contribution in [0.25, 0.3) is 0 Å². The topological polar surface area (TPSA) is 78.4 Å². The fourth-order valence-electron chi connectivity index (χ4n) is 3.52. The van der Waals surface area contributed by atoms with Gasteiger partial charge in [-0.25, -0.2) is 0 Å². The Kier molecular flexibility index (Phi) is 10.7. The van der Waals surface area contributed by atoms with Crippen LogP contribution in [0, 0.1) is 0 Å². The highest BCUT2D eigenvalue weighted by Gasteiger charge is 2.12. The lowest BCUT2D eigenvalue weighted by molar-refractivity contribution is 0.186. The highest BCUT2D eigenvalue weighted by Crippen LogP contribution is 2.26. The molecular weight excluding hydrogens is 368 g/mol. The van der Waals surface area contributed by atoms with E-state index < -0.39 is 6.10 Å². The Morgan fingerprint density at radius 2 is 1.72 bits per heavy atom. The van der Waals surface area contributed by atoms with Crippen LogP contribution in [0.3, 0.4) is 0 Å². The van der Waals surface area contributed by atoms with Crippen molar-refractivity contribution in [1.29, 1.82) is 0 Å². The van der Waals surface area contributed by atoms with Crippen LogP contribution in [0.5, 0.6) is 11.5 Å². The smallest absolute Gasteiger partial charge is 0.191 e. The van der Waals surface area contributed by atoms with Crippen LogP contribution in [0.15, 0.2) is 23.2 Å². The van der Waals surface area contributed by atoms with Crippen LogP contribution in [-0.2, 0) is 0 Å². The zero-order valence-electron chi connectivity index (χ0n) is 18.2. The zero-order chi connectivity index (χ0) is 20.9. The van der Waals surface area contributed by atoms with Gasteiger partial charge in [0.2, 0.25) is 0 Å². The van der Waals surface area contributed by atoms with Crippen LogP contribution in [-0.4, -0.2) is 69.5 Å². The van der Waals surface area contributed by atoms with Crippen LogP contribution in [0.2, 0.25) is 0 Å². The molecule has 29 heavy (non-hydrogen) atoms. The average molecular weight is 407 g/mol. The number of hydrogen-bond acceptors (Lipinski definition) is 5. The van der Waals surface area contributed by atoms with Crippen molar-refractivity contribution < 1.29 is 14.6 Å². The number of aliphatic imine (C=N–C) groups is 1. The van der Waals surface area contributed by atoms with Crippen LogP contribution in [0.4, 0.5) is 0 Å². The standard InChI is InChI=1S/C22H38N4O3/c1-4-23-22(24-10-9-13-26-11-7-5-6-8-12-26)25-17-21(27)18-14-19(28-2)16-20(15-18)29-3/h14-16,21,27H,4-13,17H2,1-3H3,(H2,23,24,25). The third kappa shape index (κ3) is 8.50. The van der Waals surface area contributed by atoms with Crippen LogP contribution < -0.4 is 20.1 Å². The molecule has 1 aliphatic heterocycles. The van der Waals surface area contributed by atoms with E-state index in [9.17, 15) is 5.11 Å². The van der Waals surface area contributed by atoms with Crippen LogP contribution >= 0.6 is 0 Å². The van der Waals surface area contributed by atoms with Gasteiger partial charge in [0.15, 0.2) is 5.96 Å². The number of aliphatic hydroxyl groups excluding tert-OH is 1. The third-order valence-electron chi connectivity index (χ3n) is 5.17. The molecule has 3 N–H and O–H groups in total. The van der Waals surface area contributed by atoms with Gasteiger partial charge < -0.3 is 30.1 Å². The summed E-state index contributed by atoms with van der Waals surface area (Å²) in [6.07, 6.45) is 5.74. The van der Waals surface area contributed by atoms with Crippen molar-refractivity contribution in [2.75, 3.05) is 53.5 Å². The van der Waals surface area contributed by atoms with Gasteiger partial charge in [0.1, 0.15) is 11.5 Å². The summed E-state index contributed by atoms with van der Waals surface area (Å²) in [6.45, 7) is 7.52. The van der Waals surface area contributed by atoms with E-state index in [1.54, 1.807) is 20.3 Å². The first-order valence-corrected chi connectivity index (χ1v) is 10.8. The molecule has 7 heteroatoms. The Balaban J connectivity index is 1.84. The summed E-state index contributed by atoms with van der Waals surface area (Å²) >= 11 is 0. The van der Waals surface area contributed by atoms with E-state index >= 15 is 0 Å². The molecule has 0 amide bonds. The van der Waals surface area contributed by atoms with E-state index in [0.29, 0.717) is 11.5 Å². The second-order valence-corrected chi connectivity index (χ2v) is 7.42. The lowest BCUT2D eigenvalue weighted by Gasteiger charge is -2.20. The van der Waals surface area contributed by atoms with Gasteiger partial charge in [-0.2, -0.15) is 0 Å². The molecule has 0 saturated carbocycles. The second kappa shape index (κ2) is 13.3. The SMILES string of the molecule is CCNC(=NCC(O)c1cc(OC)cc(OC)c1)NCCCN1CCCCCC1. The van der Waals surface area contributed by atoms with Gasteiger partial charge in [0, 0.05) is 19.2 Å².